The lowest BCUT2D eigenvalue weighted by atomic mass is 9.90. The molecule has 1 N–H and O–H groups in total. The highest BCUT2D eigenvalue weighted by atomic mass is 32.2. The SMILES string of the molecule is COc1cccc(C2CCCN(C(=O)c3ccc(S(=O)(=O)Nc4nccs4)cc3)C2)c1. The number of piperidine rings is 1. The van der Waals surface area contributed by atoms with Crippen LogP contribution in [0, 0.1) is 0 Å². The number of nitrogens with zero attached hydrogens (tertiary/aromatic N) is 2. The van der Waals surface area contributed by atoms with Crippen molar-refractivity contribution < 1.29 is 17.9 Å². The van der Waals surface area contributed by atoms with Gasteiger partial charge in [-0.25, -0.2) is 13.4 Å². The van der Waals surface area contributed by atoms with Gasteiger partial charge < -0.3 is 9.64 Å². The molecule has 1 amide bonds. The molecule has 2 heterocycles. The van der Waals surface area contributed by atoms with Crippen molar-refractivity contribution >= 4 is 32.4 Å². The second-order valence-corrected chi connectivity index (χ2v) is 9.91. The number of anilines is 1. The van der Waals surface area contributed by atoms with E-state index in [2.05, 4.69) is 15.8 Å². The number of sulfonamides is 1. The number of nitrogens with one attached hydrogen (secondary N) is 1. The molecule has 4 rings (SSSR count). The summed E-state index contributed by atoms with van der Waals surface area (Å²) in [5, 5.41) is 1.99. The highest BCUT2D eigenvalue weighted by molar-refractivity contribution is 7.93. The third-order valence-electron chi connectivity index (χ3n) is 5.34. The normalized spacial score (nSPS) is 16.7. The Balaban J connectivity index is 1.46. The number of hydrogen-bond acceptors (Lipinski definition) is 6. The van der Waals surface area contributed by atoms with Crippen LogP contribution in [0.4, 0.5) is 5.13 Å². The number of methoxy groups -OCH3 is 1. The fourth-order valence-corrected chi connectivity index (χ4v) is 5.52. The molecule has 1 aliphatic heterocycles. The minimum atomic E-state index is -3.74. The number of carbonyl (C=O) groups excluding carboxylic acids is 1. The smallest absolute Gasteiger partial charge is 0.263 e. The van der Waals surface area contributed by atoms with Crippen LogP contribution in [0.25, 0.3) is 0 Å². The van der Waals surface area contributed by atoms with Gasteiger partial charge in [-0.3, -0.25) is 9.52 Å². The first-order valence-corrected chi connectivity index (χ1v) is 12.3. The summed E-state index contributed by atoms with van der Waals surface area (Å²) in [6, 6.07) is 14.0. The maximum atomic E-state index is 13.0. The van der Waals surface area contributed by atoms with Crippen molar-refractivity contribution in [3.63, 3.8) is 0 Å². The molecule has 0 bridgehead atoms. The molecule has 0 saturated carbocycles. The average molecular weight is 458 g/mol. The van der Waals surface area contributed by atoms with Gasteiger partial charge in [-0.2, -0.15) is 0 Å². The van der Waals surface area contributed by atoms with Gasteiger partial charge in [0.05, 0.1) is 12.0 Å². The Morgan fingerprint density at radius 2 is 2.03 bits per heavy atom. The molecule has 0 aliphatic carbocycles. The van der Waals surface area contributed by atoms with Crippen molar-refractivity contribution in [1.82, 2.24) is 9.88 Å². The van der Waals surface area contributed by atoms with E-state index < -0.39 is 10.0 Å². The first-order chi connectivity index (χ1) is 15.0. The fraction of sp³-hybridized carbons (Fsp3) is 0.273. The summed E-state index contributed by atoms with van der Waals surface area (Å²) < 4.78 is 32.7. The summed E-state index contributed by atoms with van der Waals surface area (Å²) in [5.74, 6) is 0.962. The molecule has 3 aromatic rings. The maximum Gasteiger partial charge on any atom is 0.263 e. The van der Waals surface area contributed by atoms with E-state index in [0.717, 1.165) is 24.2 Å². The van der Waals surface area contributed by atoms with Gasteiger partial charge in [0.25, 0.3) is 15.9 Å². The van der Waals surface area contributed by atoms with Crippen LogP contribution in [0.1, 0.15) is 34.7 Å². The van der Waals surface area contributed by atoms with Crippen molar-refractivity contribution in [2.24, 2.45) is 0 Å². The summed E-state index contributed by atoms with van der Waals surface area (Å²) in [6.07, 6.45) is 3.45. The molecule has 1 aliphatic rings. The fourth-order valence-electron chi connectivity index (χ4n) is 3.74. The van der Waals surface area contributed by atoms with Crippen molar-refractivity contribution in [3.05, 3.63) is 71.2 Å². The summed E-state index contributed by atoms with van der Waals surface area (Å²) in [5.41, 5.74) is 1.63. The van der Waals surface area contributed by atoms with E-state index in [0.29, 0.717) is 23.8 Å². The van der Waals surface area contributed by atoms with Crippen LogP contribution in [0.2, 0.25) is 0 Å². The highest BCUT2D eigenvalue weighted by Crippen LogP contribution is 2.30. The number of thiazole rings is 1. The average Bonchev–Trinajstić information content (AvgIpc) is 3.31. The van der Waals surface area contributed by atoms with E-state index in [4.69, 9.17) is 4.74 Å². The Hall–Kier alpha value is -2.91. The quantitative estimate of drug-likeness (QED) is 0.605. The van der Waals surface area contributed by atoms with Crippen LogP contribution in [0.3, 0.4) is 0 Å². The lowest BCUT2D eigenvalue weighted by Crippen LogP contribution is -2.39. The molecule has 1 aromatic heterocycles. The van der Waals surface area contributed by atoms with E-state index in [9.17, 15) is 13.2 Å². The summed E-state index contributed by atoms with van der Waals surface area (Å²) in [4.78, 5) is 18.9. The van der Waals surface area contributed by atoms with Crippen LogP contribution < -0.4 is 9.46 Å². The second-order valence-electron chi connectivity index (χ2n) is 7.33. The van der Waals surface area contributed by atoms with Gasteiger partial charge in [-0.05, 0) is 54.8 Å². The number of carbonyl (C=O) groups is 1. The molecule has 1 atom stereocenters. The Bertz CT molecular complexity index is 1150. The molecule has 9 heteroatoms. The van der Waals surface area contributed by atoms with E-state index in [1.54, 1.807) is 24.6 Å². The predicted molar refractivity (Wildman–Crippen MR) is 120 cm³/mol. The van der Waals surface area contributed by atoms with Crippen molar-refractivity contribution in [3.8, 4) is 5.75 Å². The van der Waals surface area contributed by atoms with E-state index in [1.807, 2.05) is 23.1 Å². The first-order valence-electron chi connectivity index (χ1n) is 9.92. The number of hydrogen-bond donors (Lipinski definition) is 1. The number of likely N-dealkylation sites (tertiary alicyclic amines) is 1. The second kappa shape index (κ2) is 9.07. The molecule has 2 aromatic carbocycles. The molecule has 31 heavy (non-hydrogen) atoms. The topological polar surface area (TPSA) is 88.6 Å². The third kappa shape index (κ3) is 4.88. The molecule has 1 fully saturated rings. The van der Waals surface area contributed by atoms with Crippen LogP contribution in [0.15, 0.2) is 65.0 Å². The van der Waals surface area contributed by atoms with Crippen LogP contribution >= 0.6 is 11.3 Å². The number of rotatable bonds is 6. The number of benzene rings is 2. The van der Waals surface area contributed by atoms with Gasteiger partial charge >= 0.3 is 0 Å². The van der Waals surface area contributed by atoms with E-state index in [-0.39, 0.29) is 16.7 Å². The molecule has 0 radical (unpaired) electrons. The molecule has 162 valence electrons. The number of amides is 1. The zero-order valence-corrected chi connectivity index (χ0v) is 18.7. The Kier molecular flexibility index (Phi) is 6.24. The summed E-state index contributed by atoms with van der Waals surface area (Å²) in [6.45, 7) is 1.31. The molecule has 7 nitrogen and oxygen atoms in total. The molecule has 1 saturated heterocycles. The third-order valence-corrected chi connectivity index (χ3v) is 7.51. The van der Waals surface area contributed by atoms with E-state index in [1.165, 1.54) is 29.7 Å². The molecule has 1 unspecified atom stereocenters. The Morgan fingerprint density at radius 3 is 2.74 bits per heavy atom. The van der Waals surface area contributed by atoms with E-state index >= 15 is 0 Å². The minimum Gasteiger partial charge on any atom is -0.497 e. The van der Waals surface area contributed by atoms with Gasteiger partial charge in [-0.1, -0.05) is 12.1 Å². The lowest BCUT2D eigenvalue weighted by molar-refractivity contribution is 0.0707. The van der Waals surface area contributed by atoms with Crippen LogP contribution in [0.5, 0.6) is 5.75 Å². The number of ether oxygens (including phenoxy) is 1. The van der Waals surface area contributed by atoms with Crippen molar-refractivity contribution in [2.45, 2.75) is 23.7 Å². The van der Waals surface area contributed by atoms with Gasteiger partial charge in [0.2, 0.25) is 0 Å². The highest BCUT2D eigenvalue weighted by Gasteiger charge is 2.26. The van der Waals surface area contributed by atoms with Gasteiger partial charge in [0.1, 0.15) is 5.75 Å². The van der Waals surface area contributed by atoms with Crippen molar-refractivity contribution in [1.29, 1.82) is 0 Å². The Labute approximate surface area is 185 Å². The minimum absolute atomic E-state index is 0.0900. The molecular formula is C22H23N3O4S2. The predicted octanol–water partition coefficient (Wildman–Crippen LogP) is 3.97. The first kappa shape index (κ1) is 21.3. The maximum absolute atomic E-state index is 13.0. The molecule has 0 spiro atoms. The van der Waals surface area contributed by atoms with Crippen molar-refractivity contribution in [2.75, 3.05) is 24.9 Å². The van der Waals surface area contributed by atoms with Gasteiger partial charge in [0, 0.05) is 36.1 Å². The van der Waals surface area contributed by atoms with Gasteiger partial charge in [0.15, 0.2) is 5.13 Å². The van der Waals surface area contributed by atoms with Crippen LogP contribution in [-0.4, -0.2) is 44.4 Å². The monoisotopic (exact) mass is 457 g/mol. The lowest BCUT2D eigenvalue weighted by Gasteiger charge is -2.33. The van der Waals surface area contributed by atoms with Gasteiger partial charge in [-0.15, -0.1) is 11.3 Å². The standard InChI is InChI=1S/C22H23N3O4S2/c1-29-19-6-2-4-17(14-19)18-5-3-12-25(15-18)21(26)16-7-9-20(10-8-16)31(27,28)24-22-23-11-13-30-22/h2,4,6-11,13-14,18H,3,5,12,15H2,1H3,(H,23,24). The summed E-state index contributed by atoms with van der Waals surface area (Å²) in [7, 11) is -2.10. The zero-order valence-electron chi connectivity index (χ0n) is 17.0. The largest absolute Gasteiger partial charge is 0.497 e. The van der Waals surface area contributed by atoms with Crippen LogP contribution in [-0.2, 0) is 10.0 Å². The zero-order chi connectivity index (χ0) is 21.8. The molecular weight excluding hydrogens is 434 g/mol. The number of aromatic nitrogens is 1. The summed E-state index contributed by atoms with van der Waals surface area (Å²) >= 11 is 1.20. The Morgan fingerprint density at radius 1 is 1.23 bits per heavy atom.